The second-order valence-electron chi connectivity index (χ2n) is 6.39. The molecule has 26 heavy (non-hydrogen) atoms. The second-order valence-corrected chi connectivity index (χ2v) is 6.39. The number of hydrogen-bond donors (Lipinski definition) is 2. The molecule has 6 nitrogen and oxygen atoms in total. The molecule has 0 spiro atoms. The van der Waals surface area contributed by atoms with Gasteiger partial charge < -0.3 is 9.47 Å². The first-order valence-electron chi connectivity index (χ1n) is 8.52. The summed E-state index contributed by atoms with van der Waals surface area (Å²) in [7, 11) is 0. The minimum atomic E-state index is -0.422. The van der Waals surface area contributed by atoms with Gasteiger partial charge in [0.15, 0.2) is 6.61 Å². The van der Waals surface area contributed by atoms with E-state index < -0.39 is 5.91 Å². The highest BCUT2D eigenvalue weighted by atomic mass is 16.5. The fraction of sp³-hybridized carbons (Fsp3) is 0.300. The maximum Gasteiger partial charge on any atom is 0.276 e. The number of hydrazine groups is 1. The number of nitrogens with one attached hydrogen (secondary N) is 2. The maximum atomic E-state index is 12.2. The predicted octanol–water partition coefficient (Wildman–Crippen LogP) is 2.08. The molecule has 3 rings (SSSR count). The van der Waals surface area contributed by atoms with Crippen LogP contribution >= 0.6 is 0 Å². The van der Waals surface area contributed by atoms with Crippen LogP contribution in [0.15, 0.2) is 42.5 Å². The minimum absolute atomic E-state index is 0.174. The van der Waals surface area contributed by atoms with Gasteiger partial charge in [-0.1, -0.05) is 24.3 Å². The summed E-state index contributed by atoms with van der Waals surface area (Å²) in [5, 5.41) is 0. The number of carbonyl (C=O) groups excluding carboxylic acids is 2. The first-order valence-corrected chi connectivity index (χ1v) is 8.52. The average molecular weight is 354 g/mol. The van der Waals surface area contributed by atoms with Gasteiger partial charge >= 0.3 is 0 Å². The van der Waals surface area contributed by atoms with Crippen molar-refractivity contribution in [2.45, 2.75) is 20.3 Å². The molecule has 1 heterocycles. The highest BCUT2D eigenvalue weighted by molar-refractivity contribution is 5.84. The SMILES string of the molecule is Cc1ccc(OCC(=O)NNC(=O)C2COc3ccccc3C2)cc1C. The smallest absolute Gasteiger partial charge is 0.276 e. The van der Waals surface area contributed by atoms with E-state index in [1.807, 2.05) is 56.3 Å². The normalized spacial score (nSPS) is 15.4. The van der Waals surface area contributed by atoms with Crippen molar-refractivity contribution in [2.24, 2.45) is 5.92 Å². The molecule has 6 heteroatoms. The monoisotopic (exact) mass is 354 g/mol. The quantitative estimate of drug-likeness (QED) is 0.824. The van der Waals surface area contributed by atoms with E-state index in [4.69, 9.17) is 9.47 Å². The van der Waals surface area contributed by atoms with E-state index in [9.17, 15) is 9.59 Å². The Labute approximate surface area is 152 Å². The van der Waals surface area contributed by atoms with Gasteiger partial charge in [-0.2, -0.15) is 0 Å². The van der Waals surface area contributed by atoms with Crippen LogP contribution in [0.2, 0.25) is 0 Å². The van der Waals surface area contributed by atoms with E-state index in [1.165, 1.54) is 0 Å². The molecule has 0 aliphatic carbocycles. The van der Waals surface area contributed by atoms with Crippen molar-refractivity contribution in [3.8, 4) is 11.5 Å². The summed E-state index contributed by atoms with van der Waals surface area (Å²) in [4.78, 5) is 24.1. The first-order chi connectivity index (χ1) is 12.5. The van der Waals surface area contributed by atoms with Gasteiger partial charge in [0.1, 0.15) is 18.1 Å². The molecule has 0 bridgehead atoms. The van der Waals surface area contributed by atoms with E-state index in [0.29, 0.717) is 12.2 Å². The van der Waals surface area contributed by atoms with Crippen LogP contribution in [0.5, 0.6) is 11.5 Å². The van der Waals surface area contributed by atoms with Crippen LogP contribution in [-0.4, -0.2) is 25.0 Å². The van der Waals surface area contributed by atoms with Gasteiger partial charge in [0.05, 0.1) is 5.92 Å². The Hall–Kier alpha value is -3.02. The number of amides is 2. The van der Waals surface area contributed by atoms with Gasteiger partial charge in [-0.25, -0.2) is 0 Å². The molecule has 1 unspecified atom stereocenters. The lowest BCUT2D eigenvalue weighted by Crippen LogP contribution is -2.48. The molecule has 2 amide bonds. The van der Waals surface area contributed by atoms with Crippen LogP contribution in [0.3, 0.4) is 0 Å². The third kappa shape index (κ3) is 4.33. The fourth-order valence-electron chi connectivity index (χ4n) is 2.72. The van der Waals surface area contributed by atoms with Gasteiger partial charge in [0.2, 0.25) is 5.91 Å². The van der Waals surface area contributed by atoms with Crippen LogP contribution in [0.25, 0.3) is 0 Å². The van der Waals surface area contributed by atoms with E-state index in [1.54, 1.807) is 0 Å². The molecule has 0 fully saturated rings. The molecule has 0 saturated heterocycles. The van der Waals surface area contributed by atoms with Crippen LogP contribution in [0.4, 0.5) is 0 Å². The third-order valence-corrected chi connectivity index (χ3v) is 4.42. The van der Waals surface area contributed by atoms with Gasteiger partial charge in [0, 0.05) is 0 Å². The molecule has 2 aromatic carbocycles. The molecule has 0 radical (unpaired) electrons. The molecule has 0 saturated carbocycles. The highest BCUT2D eigenvalue weighted by Gasteiger charge is 2.26. The van der Waals surface area contributed by atoms with Crippen molar-refractivity contribution >= 4 is 11.8 Å². The molecular formula is C20H22N2O4. The maximum absolute atomic E-state index is 12.2. The lowest BCUT2D eigenvalue weighted by atomic mass is 9.96. The summed E-state index contributed by atoms with van der Waals surface area (Å²) in [6.07, 6.45) is 0.580. The molecular weight excluding hydrogens is 332 g/mol. The van der Waals surface area contributed by atoms with Crippen molar-refractivity contribution in [2.75, 3.05) is 13.2 Å². The summed E-state index contributed by atoms with van der Waals surface area (Å²) in [5.74, 6) is 0.382. The Morgan fingerprint density at radius 1 is 1.12 bits per heavy atom. The van der Waals surface area contributed by atoms with Gasteiger partial charge in [-0.15, -0.1) is 0 Å². The van der Waals surface area contributed by atoms with Crippen LogP contribution in [0, 0.1) is 19.8 Å². The zero-order chi connectivity index (χ0) is 18.5. The summed E-state index contributed by atoms with van der Waals surface area (Å²) in [6, 6.07) is 13.2. The Morgan fingerprint density at radius 3 is 2.73 bits per heavy atom. The van der Waals surface area contributed by atoms with E-state index in [-0.39, 0.29) is 25.0 Å². The van der Waals surface area contributed by atoms with Crippen LogP contribution in [0.1, 0.15) is 16.7 Å². The molecule has 1 atom stereocenters. The van der Waals surface area contributed by atoms with Gasteiger partial charge in [-0.05, 0) is 55.2 Å². The largest absolute Gasteiger partial charge is 0.492 e. The Morgan fingerprint density at radius 2 is 1.92 bits per heavy atom. The first kappa shape index (κ1) is 17.8. The number of carbonyl (C=O) groups is 2. The number of rotatable bonds is 4. The molecule has 1 aliphatic rings. The third-order valence-electron chi connectivity index (χ3n) is 4.42. The van der Waals surface area contributed by atoms with Crippen molar-refractivity contribution in [1.82, 2.24) is 10.9 Å². The van der Waals surface area contributed by atoms with Gasteiger partial charge in [0.25, 0.3) is 5.91 Å². The van der Waals surface area contributed by atoms with Gasteiger partial charge in [-0.3, -0.25) is 20.4 Å². The molecule has 136 valence electrons. The summed E-state index contributed by atoms with van der Waals surface area (Å²) >= 11 is 0. The Balaban J connectivity index is 1.44. The van der Waals surface area contributed by atoms with Crippen LogP contribution in [-0.2, 0) is 16.0 Å². The van der Waals surface area contributed by atoms with Crippen LogP contribution < -0.4 is 20.3 Å². The fourth-order valence-corrected chi connectivity index (χ4v) is 2.72. The van der Waals surface area contributed by atoms with Crippen molar-refractivity contribution in [3.63, 3.8) is 0 Å². The van der Waals surface area contributed by atoms with Crippen molar-refractivity contribution in [3.05, 3.63) is 59.2 Å². The standard InChI is InChI=1S/C20H22N2O4/c1-13-7-8-17(9-14(13)2)25-12-19(23)21-22-20(24)16-10-15-5-3-4-6-18(15)26-11-16/h3-9,16H,10-12H2,1-2H3,(H,21,23)(H,22,24). The number of aryl methyl sites for hydroxylation is 2. The van der Waals surface area contributed by atoms with E-state index in [2.05, 4.69) is 10.9 Å². The van der Waals surface area contributed by atoms with Crippen molar-refractivity contribution < 1.29 is 19.1 Å². The predicted molar refractivity (Wildman–Crippen MR) is 96.8 cm³/mol. The second kappa shape index (κ2) is 7.91. The average Bonchev–Trinajstić information content (AvgIpc) is 2.66. The summed E-state index contributed by atoms with van der Waals surface area (Å²) in [5.41, 5.74) is 8.06. The highest BCUT2D eigenvalue weighted by Crippen LogP contribution is 2.26. The molecule has 0 aromatic heterocycles. The minimum Gasteiger partial charge on any atom is -0.492 e. The number of para-hydroxylation sites is 1. The lowest BCUT2D eigenvalue weighted by molar-refractivity contribution is -0.132. The Kier molecular flexibility index (Phi) is 5.41. The zero-order valence-corrected chi connectivity index (χ0v) is 14.9. The molecule has 2 aromatic rings. The van der Waals surface area contributed by atoms with E-state index >= 15 is 0 Å². The Bertz CT molecular complexity index is 819. The molecule has 1 aliphatic heterocycles. The number of benzene rings is 2. The number of hydrogen-bond acceptors (Lipinski definition) is 4. The van der Waals surface area contributed by atoms with Crippen molar-refractivity contribution in [1.29, 1.82) is 0 Å². The number of ether oxygens (including phenoxy) is 2. The van der Waals surface area contributed by atoms with E-state index in [0.717, 1.165) is 22.4 Å². The summed E-state index contributed by atoms with van der Waals surface area (Å²) in [6.45, 7) is 4.10. The molecule has 2 N–H and O–H groups in total. The number of fused-ring (bicyclic) bond motifs is 1. The zero-order valence-electron chi connectivity index (χ0n) is 14.9. The lowest BCUT2D eigenvalue weighted by Gasteiger charge is -2.24. The summed E-state index contributed by atoms with van der Waals surface area (Å²) < 4.78 is 11.0. The topological polar surface area (TPSA) is 76.7 Å².